The van der Waals surface area contributed by atoms with Crippen molar-refractivity contribution >= 4 is 5.91 Å². The summed E-state index contributed by atoms with van der Waals surface area (Å²) in [4.78, 5) is 14.2. The minimum Gasteiger partial charge on any atom is -0.454 e. The van der Waals surface area contributed by atoms with Crippen molar-refractivity contribution in [3.8, 4) is 11.5 Å². The van der Waals surface area contributed by atoms with E-state index < -0.39 is 0 Å². The minimum atomic E-state index is -0.0790. The van der Waals surface area contributed by atoms with Crippen LogP contribution in [-0.4, -0.2) is 37.9 Å². The van der Waals surface area contributed by atoms with E-state index in [1.807, 2.05) is 25.1 Å². The topological polar surface area (TPSA) is 68.6 Å². The molecule has 2 aliphatic rings. The molecule has 2 heterocycles. The predicted molar refractivity (Wildman–Crippen MR) is 110 cm³/mol. The van der Waals surface area contributed by atoms with Crippen LogP contribution in [0.2, 0.25) is 0 Å². The summed E-state index contributed by atoms with van der Waals surface area (Å²) in [5.74, 6) is 1.60. The van der Waals surface area contributed by atoms with E-state index in [4.69, 9.17) is 9.47 Å². The van der Waals surface area contributed by atoms with Crippen LogP contribution < -0.4 is 25.0 Å². The first-order valence-corrected chi connectivity index (χ1v) is 10.6. The van der Waals surface area contributed by atoms with Crippen LogP contribution in [0, 0.1) is 0 Å². The molecule has 0 bridgehead atoms. The molecule has 2 aromatic carbocycles. The van der Waals surface area contributed by atoms with Gasteiger partial charge in [0.05, 0.1) is 19.1 Å². The molecule has 2 aromatic rings. The molecule has 2 aliphatic heterocycles. The first kappa shape index (κ1) is 19.7. The van der Waals surface area contributed by atoms with Gasteiger partial charge in [-0.05, 0) is 24.6 Å². The fraction of sp³-hybridized carbons (Fsp3) is 0.435. The molecule has 29 heavy (non-hydrogen) atoms. The van der Waals surface area contributed by atoms with E-state index in [1.54, 1.807) is 4.90 Å². The lowest BCUT2D eigenvalue weighted by Gasteiger charge is -2.29. The van der Waals surface area contributed by atoms with Gasteiger partial charge in [-0.1, -0.05) is 36.4 Å². The Balaban J connectivity index is 1.18. The molecule has 0 spiro atoms. The van der Waals surface area contributed by atoms with Crippen molar-refractivity contribution in [2.75, 3.05) is 19.9 Å². The van der Waals surface area contributed by atoms with Crippen LogP contribution in [0.15, 0.2) is 48.5 Å². The summed E-state index contributed by atoms with van der Waals surface area (Å²) >= 11 is 0. The predicted octanol–water partition coefficient (Wildman–Crippen LogP) is 0.231. The van der Waals surface area contributed by atoms with E-state index in [0.29, 0.717) is 12.6 Å². The van der Waals surface area contributed by atoms with Gasteiger partial charge in [-0.25, -0.2) is 0 Å². The number of nitrogens with one attached hydrogen (secondary N) is 2. The van der Waals surface area contributed by atoms with Crippen LogP contribution in [0.3, 0.4) is 0 Å². The number of amides is 1. The van der Waals surface area contributed by atoms with Gasteiger partial charge in [-0.2, -0.15) is 0 Å². The standard InChI is InChI=1S/C23H29N3O3/c1-17(23(27)24-14-19-7-8-21-22(13-19)29-16-28-21)25-20-9-11-26(12-10-20)15-18-5-3-2-4-6-18/h2-8,13,17,20,25H,9-12,14-16H2,1H3,(H,24,27)/p+2/t17-/m0/s1. The number of nitrogens with two attached hydrogens (primary N) is 1. The molecule has 154 valence electrons. The second-order valence-corrected chi connectivity index (χ2v) is 8.14. The van der Waals surface area contributed by atoms with Crippen molar-refractivity contribution in [3.63, 3.8) is 0 Å². The molecule has 4 N–H and O–H groups in total. The van der Waals surface area contributed by atoms with E-state index in [0.717, 1.165) is 36.4 Å². The van der Waals surface area contributed by atoms with E-state index in [-0.39, 0.29) is 18.7 Å². The molecule has 1 amide bonds. The van der Waals surface area contributed by atoms with Crippen molar-refractivity contribution in [3.05, 3.63) is 59.7 Å². The van der Waals surface area contributed by atoms with Crippen LogP contribution in [-0.2, 0) is 17.9 Å². The average molecular weight is 398 g/mol. The Morgan fingerprint density at radius 2 is 1.86 bits per heavy atom. The van der Waals surface area contributed by atoms with E-state index in [2.05, 4.69) is 41.0 Å². The Morgan fingerprint density at radius 3 is 2.66 bits per heavy atom. The molecule has 6 heteroatoms. The summed E-state index contributed by atoms with van der Waals surface area (Å²) in [5, 5.41) is 5.29. The maximum absolute atomic E-state index is 12.5. The summed E-state index contributed by atoms with van der Waals surface area (Å²) in [6.07, 6.45) is 2.31. The molecule has 0 saturated carbocycles. The van der Waals surface area contributed by atoms with Crippen molar-refractivity contribution in [1.29, 1.82) is 0 Å². The number of hydrogen-bond acceptors (Lipinski definition) is 3. The number of carbonyl (C=O) groups excluding carboxylic acids is 1. The molecule has 1 saturated heterocycles. The summed E-state index contributed by atoms with van der Waals surface area (Å²) in [6, 6.07) is 16.9. The average Bonchev–Trinajstić information content (AvgIpc) is 3.22. The fourth-order valence-electron chi connectivity index (χ4n) is 4.20. The third-order valence-electron chi connectivity index (χ3n) is 5.91. The zero-order valence-corrected chi connectivity index (χ0v) is 17.0. The molecular weight excluding hydrogens is 366 g/mol. The van der Waals surface area contributed by atoms with Gasteiger partial charge in [-0.3, -0.25) is 4.79 Å². The molecule has 6 nitrogen and oxygen atoms in total. The van der Waals surface area contributed by atoms with Crippen molar-refractivity contribution < 1.29 is 24.5 Å². The Bertz CT molecular complexity index is 819. The Labute approximate surface area is 172 Å². The number of fused-ring (bicyclic) bond motifs is 1. The van der Waals surface area contributed by atoms with Gasteiger partial charge >= 0.3 is 0 Å². The molecule has 0 aromatic heterocycles. The zero-order valence-electron chi connectivity index (χ0n) is 17.0. The number of rotatable bonds is 7. The molecule has 0 radical (unpaired) electrons. The van der Waals surface area contributed by atoms with Crippen LogP contribution in [0.5, 0.6) is 11.5 Å². The Morgan fingerprint density at radius 1 is 1.10 bits per heavy atom. The van der Waals surface area contributed by atoms with E-state index >= 15 is 0 Å². The summed E-state index contributed by atoms with van der Waals surface area (Å²) in [6.45, 7) is 6.21. The van der Waals surface area contributed by atoms with Crippen molar-refractivity contribution in [2.24, 2.45) is 0 Å². The van der Waals surface area contributed by atoms with Gasteiger partial charge in [0, 0.05) is 24.9 Å². The normalized spacial score (nSPS) is 21.6. The summed E-state index contributed by atoms with van der Waals surface area (Å²) in [5.41, 5.74) is 2.42. The SMILES string of the molecule is C[C@H]([NH2+]C1CC[NH+](Cc2ccccc2)CC1)C(=O)NCc1ccc2c(c1)OCO2. The monoisotopic (exact) mass is 397 g/mol. The van der Waals surface area contributed by atoms with Crippen molar-refractivity contribution in [1.82, 2.24) is 5.32 Å². The molecule has 1 fully saturated rings. The van der Waals surface area contributed by atoms with Crippen LogP contribution in [0.1, 0.15) is 30.9 Å². The maximum atomic E-state index is 12.5. The Kier molecular flexibility index (Phi) is 6.32. The lowest BCUT2D eigenvalue weighted by atomic mass is 10.0. The number of carbonyl (C=O) groups is 1. The van der Waals surface area contributed by atoms with Crippen LogP contribution in [0.4, 0.5) is 0 Å². The van der Waals surface area contributed by atoms with E-state index in [1.165, 1.54) is 18.7 Å². The van der Waals surface area contributed by atoms with Gasteiger partial charge in [0.15, 0.2) is 17.5 Å². The summed E-state index contributed by atoms with van der Waals surface area (Å²) < 4.78 is 10.7. The van der Waals surface area contributed by atoms with Gasteiger partial charge < -0.3 is 25.0 Å². The highest BCUT2D eigenvalue weighted by Gasteiger charge is 2.28. The van der Waals surface area contributed by atoms with Gasteiger partial charge in [0.1, 0.15) is 6.54 Å². The van der Waals surface area contributed by atoms with Gasteiger partial charge in [-0.15, -0.1) is 0 Å². The molecule has 1 atom stereocenters. The quantitative estimate of drug-likeness (QED) is 0.627. The molecule has 4 rings (SSSR count). The number of ether oxygens (including phenoxy) is 2. The summed E-state index contributed by atoms with van der Waals surface area (Å²) in [7, 11) is 0. The third-order valence-corrected chi connectivity index (χ3v) is 5.91. The lowest BCUT2D eigenvalue weighted by molar-refractivity contribution is -0.926. The second kappa shape index (κ2) is 9.29. The fourth-order valence-corrected chi connectivity index (χ4v) is 4.20. The molecular formula is C23H31N3O3+2. The van der Waals surface area contributed by atoms with Gasteiger partial charge in [0.25, 0.3) is 5.91 Å². The number of likely N-dealkylation sites (tertiary alicyclic amines) is 1. The van der Waals surface area contributed by atoms with Crippen LogP contribution in [0.25, 0.3) is 0 Å². The molecule has 0 unspecified atom stereocenters. The van der Waals surface area contributed by atoms with E-state index in [9.17, 15) is 4.79 Å². The maximum Gasteiger partial charge on any atom is 0.278 e. The largest absolute Gasteiger partial charge is 0.454 e. The highest BCUT2D eigenvalue weighted by molar-refractivity contribution is 5.79. The molecule has 0 aliphatic carbocycles. The highest BCUT2D eigenvalue weighted by atomic mass is 16.7. The first-order chi connectivity index (χ1) is 14.2. The lowest BCUT2D eigenvalue weighted by Crippen LogP contribution is -3.14. The zero-order chi connectivity index (χ0) is 20.1. The number of benzene rings is 2. The third kappa shape index (κ3) is 5.28. The van der Waals surface area contributed by atoms with Gasteiger partial charge in [0.2, 0.25) is 6.79 Å². The van der Waals surface area contributed by atoms with Crippen molar-refractivity contribution in [2.45, 2.75) is 44.9 Å². The Hall–Kier alpha value is -2.57. The smallest absolute Gasteiger partial charge is 0.278 e. The minimum absolute atomic E-state index is 0.0790. The first-order valence-electron chi connectivity index (χ1n) is 10.6. The van der Waals surface area contributed by atoms with Crippen LogP contribution >= 0.6 is 0 Å². The number of quaternary nitrogens is 2. The second-order valence-electron chi connectivity index (χ2n) is 8.14. The number of piperidine rings is 1. The number of hydrogen-bond donors (Lipinski definition) is 3. The highest BCUT2D eigenvalue weighted by Crippen LogP contribution is 2.32.